The fourth-order valence-corrected chi connectivity index (χ4v) is 4.11. The fourth-order valence-electron chi connectivity index (χ4n) is 1.56. The molecule has 0 saturated carbocycles. The maximum absolute atomic E-state index is 11.8. The Morgan fingerprint density at radius 1 is 1.21 bits per heavy atom. The predicted molar refractivity (Wildman–Crippen MR) is 59.8 cm³/mol. The standard InChI is InChI=1S/C12H10O.Ga.H/c1-2-3-5-10-12(13)11-8-6-4-7-9-11;;/h1-4,6-9H,10H2;;. The van der Waals surface area contributed by atoms with Gasteiger partial charge in [-0.25, -0.2) is 0 Å². The monoisotopic (exact) mass is 240 g/mol. The molecule has 1 heterocycles. The third-order valence-corrected chi connectivity index (χ3v) is 5.52. The van der Waals surface area contributed by atoms with Crippen molar-refractivity contribution in [1.82, 2.24) is 0 Å². The summed E-state index contributed by atoms with van der Waals surface area (Å²) in [6.07, 6.45) is 4.84. The first-order chi connectivity index (χ1) is 6.86. The van der Waals surface area contributed by atoms with Crippen LogP contribution in [0.4, 0.5) is 0 Å². The van der Waals surface area contributed by atoms with Crippen molar-refractivity contribution in [2.24, 2.45) is 0 Å². The Labute approximate surface area is 91.3 Å². The minimum atomic E-state index is -0.637. The van der Waals surface area contributed by atoms with Gasteiger partial charge < -0.3 is 0 Å². The molecule has 2 rings (SSSR count). The van der Waals surface area contributed by atoms with Crippen LogP contribution < -0.4 is 0 Å². The third kappa shape index (κ3) is 2.28. The van der Waals surface area contributed by atoms with Crippen LogP contribution in [0.5, 0.6) is 0 Å². The van der Waals surface area contributed by atoms with E-state index in [0.717, 1.165) is 5.56 Å². The first kappa shape index (κ1) is 9.56. The first-order valence-corrected chi connectivity index (χ1v) is 7.99. The second kappa shape index (κ2) is 4.49. The molecular formula is C12H11GaO. The van der Waals surface area contributed by atoms with Gasteiger partial charge in [-0.1, -0.05) is 0 Å². The molecule has 0 N–H and O–H groups in total. The quantitative estimate of drug-likeness (QED) is 0.585. The van der Waals surface area contributed by atoms with E-state index in [4.69, 9.17) is 0 Å². The molecule has 0 fully saturated rings. The zero-order valence-electron chi connectivity index (χ0n) is 7.94. The molecule has 0 radical (unpaired) electrons. The predicted octanol–water partition coefficient (Wildman–Crippen LogP) is 2.11. The van der Waals surface area contributed by atoms with Gasteiger partial charge in [-0.2, -0.15) is 0 Å². The maximum atomic E-state index is 11.8. The number of rotatable bonds is 3. The number of Topliss-reactive ketones (excluding diaryl/α,β-unsaturated/α-hetero) is 1. The Bertz CT molecular complexity index is 390. The molecular weight excluding hydrogens is 230 g/mol. The Balaban J connectivity index is 2.03. The molecule has 0 aliphatic carbocycles. The van der Waals surface area contributed by atoms with Crippen LogP contribution in [0.1, 0.15) is 16.8 Å². The molecule has 0 spiro atoms. The van der Waals surface area contributed by atoms with Gasteiger partial charge >= 0.3 is 91.2 Å². The van der Waals surface area contributed by atoms with Gasteiger partial charge in [-0.05, 0) is 0 Å². The summed E-state index contributed by atoms with van der Waals surface area (Å²) in [5.74, 6) is 0.256. The normalized spacial score (nSPS) is 13.6. The van der Waals surface area contributed by atoms with Gasteiger partial charge in [0.2, 0.25) is 0 Å². The van der Waals surface area contributed by atoms with Gasteiger partial charge in [0, 0.05) is 0 Å². The Kier molecular flexibility index (Phi) is 3.06. The Hall–Kier alpha value is -0.994. The topological polar surface area (TPSA) is 17.1 Å². The minimum absolute atomic E-state index is 0.256. The molecule has 0 amide bonds. The number of allylic oxidation sites excluding steroid dienone is 3. The molecule has 1 aliphatic rings. The second-order valence-corrected chi connectivity index (χ2v) is 7.17. The summed E-state index contributed by atoms with van der Waals surface area (Å²) in [5, 5.41) is 0. The number of hydrogen-bond donors (Lipinski definition) is 0. The summed E-state index contributed by atoms with van der Waals surface area (Å²) in [7, 11) is 0. The molecule has 0 bridgehead atoms. The average Bonchev–Trinajstić information content (AvgIpc) is 2.72. The SMILES string of the molecule is O=C(C[C]1=CC=[CH][GaH]1)c1ccccc1. The molecule has 0 atom stereocenters. The van der Waals surface area contributed by atoms with Crippen LogP contribution >= 0.6 is 0 Å². The van der Waals surface area contributed by atoms with Gasteiger partial charge in [0.25, 0.3) is 0 Å². The molecule has 1 aromatic rings. The molecule has 2 heteroatoms. The number of carbonyl (C=O) groups is 1. The van der Waals surface area contributed by atoms with Crippen LogP contribution in [0, 0.1) is 0 Å². The van der Waals surface area contributed by atoms with Gasteiger partial charge in [-0.15, -0.1) is 0 Å². The molecule has 1 aromatic carbocycles. The first-order valence-electron chi connectivity index (χ1n) is 4.79. The van der Waals surface area contributed by atoms with E-state index in [1.54, 1.807) is 0 Å². The van der Waals surface area contributed by atoms with Crippen LogP contribution in [0.15, 0.2) is 51.2 Å². The van der Waals surface area contributed by atoms with Crippen molar-refractivity contribution in [1.29, 1.82) is 0 Å². The van der Waals surface area contributed by atoms with Crippen molar-refractivity contribution in [2.75, 3.05) is 0 Å². The number of carbonyl (C=O) groups excluding carboxylic acids is 1. The van der Waals surface area contributed by atoms with Crippen molar-refractivity contribution in [3.8, 4) is 0 Å². The molecule has 14 heavy (non-hydrogen) atoms. The van der Waals surface area contributed by atoms with Crippen LogP contribution in [-0.2, 0) is 0 Å². The van der Waals surface area contributed by atoms with Crippen molar-refractivity contribution in [3.63, 3.8) is 0 Å². The third-order valence-electron chi connectivity index (χ3n) is 2.33. The molecule has 1 nitrogen and oxygen atoms in total. The summed E-state index contributed by atoms with van der Waals surface area (Å²) < 4.78 is 3.66. The van der Waals surface area contributed by atoms with E-state index in [9.17, 15) is 4.79 Å². The van der Waals surface area contributed by atoms with Crippen molar-refractivity contribution in [2.45, 2.75) is 6.42 Å². The Morgan fingerprint density at radius 3 is 2.64 bits per heavy atom. The molecule has 68 valence electrons. The van der Waals surface area contributed by atoms with E-state index < -0.39 is 17.4 Å². The van der Waals surface area contributed by atoms with Crippen LogP contribution in [0.2, 0.25) is 0 Å². The average molecular weight is 241 g/mol. The summed E-state index contributed by atoms with van der Waals surface area (Å²) in [4.78, 5) is 11.8. The number of benzene rings is 1. The zero-order valence-corrected chi connectivity index (χ0v) is 10.9. The van der Waals surface area contributed by atoms with E-state index in [-0.39, 0.29) is 5.78 Å². The van der Waals surface area contributed by atoms with E-state index in [1.165, 1.54) is 4.13 Å². The van der Waals surface area contributed by atoms with Crippen molar-refractivity contribution < 1.29 is 4.79 Å². The fraction of sp³-hybridized carbons (Fsp3) is 0.0833. The van der Waals surface area contributed by atoms with Crippen LogP contribution in [-0.4, -0.2) is 23.2 Å². The van der Waals surface area contributed by atoms with Crippen LogP contribution in [0.25, 0.3) is 0 Å². The van der Waals surface area contributed by atoms with Gasteiger partial charge in [0.05, 0.1) is 0 Å². The molecule has 0 aromatic heterocycles. The van der Waals surface area contributed by atoms with Gasteiger partial charge in [0.1, 0.15) is 0 Å². The van der Waals surface area contributed by atoms with E-state index >= 15 is 0 Å². The van der Waals surface area contributed by atoms with E-state index in [2.05, 4.69) is 16.8 Å². The molecule has 0 unspecified atom stereocenters. The molecule has 1 aliphatic heterocycles. The van der Waals surface area contributed by atoms with Crippen molar-refractivity contribution >= 4 is 23.2 Å². The number of ketones is 1. The van der Waals surface area contributed by atoms with Crippen molar-refractivity contribution in [3.05, 3.63) is 56.8 Å². The Morgan fingerprint density at radius 2 is 2.00 bits per heavy atom. The number of hydrogen-bond acceptors (Lipinski definition) is 1. The van der Waals surface area contributed by atoms with E-state index in [0.29, 0.717) is 6.42 Å². The van der Waals surface area contributed by atoms with Gasteiger partial charge in [-0.3, -0.25) is 0 Å². The van der Waals surface area contributed by atoms with Crippen LogP contribution in [0.3, 0.4) is 0 Å². The summed E-state index contributed by atoms with van der Waals surface area (Å²) in [5.41, 5.74) is 0.836. The molecule has 0 saturated heterocycles. The zero-order chi connectivity index (χ0) is 9.80. The summed E-state index contributed by atoms with van der Waals surface area (Å²) in [6.45, 7) is 0. The summed E-state index contributed by atoms with van der Waals surface area (Å²) >= 11 is -0.637. The van der Waals surface area contributed by atoms with Gasteiger partial charge in [0.15, 0.2) is 0 Å². The van der Waals surface area contributed by atoms with E-state index in [1.807, 2.05) is 30.3 Å². The second-order valence-electron chi connectivity index (χ2n) is 3.42. The summed E-state index contributed by atoms with van der Waals surface area (Å²) in [6, 6.07) is 9.54.